The number of nitrogens with one attached hydrogen (secondary N) is 2. The lowest BCUT2D eigenvalue weighted by Gasteiger charge is -2.40. The maximum Gasteiger partial charge on any atom is 0.317 e. The molecule has 2 saturated heterocycles. The van der Waals surface area contributed by atoms with Gasteiger partial charge in [-0.05, 0) is 24.7 Å². The lowest BCUT2D eigenvalue weighted by atomic mass is 9.80. The summed E-state index contributed by atoms with van der Waals surface area (Å²) in [5, 5.41) is 5.79. The van der Waals surface area contributed by atoms with E-state index in [9.17, 15) is 9.59 Å². The van der Waals surface area contributed by atoms with E-state index in [2.05, 4.69) is 29.4 Å². The van der Waals surface area contributed by atoms with E-state index in [0.29, 0.717) is 19.6 Å². The number of piperazine rings is 1. The summed E-state index contributed by atoms with van der Waals surface area (Å²) in [5.74, 6) is 0.0716. The quantitative estimate of drug-likeness (QED) is 0.800. The van der Waals surface area contributed by atoms with Crippen LogP contribution in [-0.4, -0.2) is 67.6 Å². The van der Waals surface area contributed by atoms with Gasteiger partial charge in [-0.1, -0.05) is 13.8 Å². The molecule has 21 heavy (non-hydrogen) atoms. The molecule has 0 spiro atoms. The molecule has 6 heteroatoms. The SMILES string of the molecule is CCC1(C)CCCN(C(=O)NCCN2CCNC(=O)C2)C1. The fourth-order valence-corrected chi connectivity index (χ4v) is 3.09. The highest BCUT2D eigenvalue weighted by Crippen LogP contribution is 2.32. The molecule has 0 bridgehead atoms. The second-order valence-corrected chi connectivity index (χ2v) is 6.55. The molecule has 1 unspecified atom stereocenters. The summed E-state index contributed by atoms with van der Waals surface area (Å²) >= 11 is 0. The molecule has 2 aliphatic heterocycles. The van der Waals surface area contributed by atoms with Crippen LogP contribution >= 0.6 is 0 Å². The number of amides is 3. The van der Waals surface area contributed by atoms with Gasteiger partial charge >= 0.3 is 6.03 Å². The molecule has 0 radical (unpaired) electrons. The Labute approximate surface area is 127 Å². The minimum Gasteiger partial charge on any atom is -0.354 e. The van der Waals surface area contributed by atoms with Gasteiger partial charge in [-0.3, -0.25) is 9.69 Å². The molecule has 0 aromatic rings. The molecule has 120 valence electrons. The Balaban J connectivity index is 1.70. The predicted molar refractivity (Wildman–Crippen MR) is 82.1 cm³/mol. The molecular weight excluding hydrogens is 268 g/mol. The highest BCUT2D eigenvalue weighted by molar-refractivity contribution is 5.78. The van der Waals surface area contributed by atoms with Crippen molar-refractivity contribution in [2.75, 3.05) is 45.8 Å². The summed E-state index contributed by atoms with van der Waals surface area (Å²) in [6.07, 6.45) is 3.40. The normalized spacial score (nSPS) is 27.3. The summed E-state index contributed by atoms with van der Waals surface area (Å²) in [4.78, 5) is 27.5. The van der Waals surface area contributed by atoms with Crippen LogP contribution in [0.15, 0.2) is 0 Å². The lowest BCUT2D eigenvalue weighted by Crippen LogP contribution is -2.52. The smallest absolute Gasteiger partial charge is 0.317 e. The van der Waals surface area contributed by atoms with Gasteiger partial charge in [-0.25, -0.2) is 4.79 Å². The Morgan fingerprint density at radius 1 is 1.43 bits per heavy atom. The van der Waals surface area contributed by atoms with Crippen LogP contribution in [0, 0.1) is 5.41 Å². The van der Waals surface area contributed by atoms with Crippen molar-refractivity contribution in [1.29, 1.82) is 0 Å². The first kappa shape index (κ1) is 16.1. The second kappa shape index (κ2) is 7.11. The fourth-order valence-electron chi connectivity index (χ4n) is 3.09. The molecule has 0 aliphatic carbocycles. The molecule has 2 aliphatic rings. The Morgan fingerprint density at radius 2 is 2.24 bits per heavy atom. The molecule has 3 amide bonds. The third-order valence-electron chi connectivity index (χ3n) is 4.74. The third kappa shape index (κ3) is 4.59. The second-order valence-electron chi connectivity index (χ2n) is 6.55. The number of likely N-dealkylation sites (tertiary alicyclic amines) is 1. The lowest BCUT2D eigenvalue weighted by molar-refractivity contribution is -0.124. The van der Waals surface area contributed by atoms with Crippen LogP contribution in [0.5, 0.6) is 0 Å². The molecule has 2 rings (SSSR count). The molecule has 2 N–H and O–H groups in total. The van der Waals surface area contributed by atoms with Gasteiger partial charge in [0.25, 0.3) is 0 Å². The molecule has 2 heterocycles. The number of hydrogen-bond donors (Lipinski definition) is 2. The van der Waals surface area contributed by atoms with Gasteiger partial charge in [0.1, 0.15) is 0 Å². The fraction of sp³-hybridized carbons (Fsp3) is 0.867. The minimum absolute atomic E-state index is 0.0378. The first-order valence-electron chi connectivity index (χ1n) is 8.04. The van der Waals surface area contributed by atoms with Gasteiger partial charge in [0.05, 0.1) is 6.54 Å². The van der Waals surface area contributed by atoms with Gasteiger partial charge in [-0.2, -0.15) is 0 Å². The van der Waals surface area contributed by atoms with Crippen molar-refractivity contribution in [1.82, 2.24) is 20.4 Å². The molecule has 0 aromatic carbocycles. The summed E-state index contributed by atoms with van der Waals surface area (Å²) in [5.41, 5.74) is 0.264. The number of rotatable bonds is 4. The summed E-state index contributed by atoms with van der Waals surface area (Å²) < 4.78 is 0. The van der Waals surface area contributed by atoms with Crippen LogP contribution in [0.3, 0.4) is 0 Å². The zero-order valence-electron chi connectivity index (χ0n) is 13.3. The number of piperidine rings is 1. The molecule has 1 atom stereocenters. The van der Waals surface area contributed by atoms with E-state index in [1.807, 2.05) is 4.90 Å². The zero-order chi connectivity index (χ0) is 15.3. The topological polar surface area (TPSA) is 64.7 Å². The molecular formula is C15H28N4O2. The number of nitrogens with zero attached hydrogens (tertiary/aromatic N) is 2. The highest BCUT2D eigenvalue weighted by atomic mass is 16.2. The van der Waals surface area contributed by atoms with Crippen LogP contribution in [0.2, 0.25) is 0 Å². The van der Waals surface area contributed by atoms with Gasteiger partial charge in [0.15, 0.2) is 0 Å². The van der Waals surface area contributed by atoms with Crippen molar-refractivity contribution in [3.63, 3.8) is 0 Å². The van der Waals surface area contributed by atoms with Crippen LogP contribution in [-0.2, 0) is 4.79 Å². The van der Waals surface area contributed by atoms with Crippen molar-refractivity contribution in [3.05, 3.63) is 0 Å². The van der Waals surface area contributed by atoms with Crippen molar-refractivity contribution in [2.45, 2.75) is 33.1 Å². The highest BCUT2D eigenvalue weighted by Gasteiger charge is 2.31. The minimum atomic E-state index is 0.0378. The summed E-state index contributed by atoms with van der Waals surface area (Å²) in [6.45, 7) is 9.50. The van der Waals surface area contributed by atoms with E-state index in [-0.39, 0.29) is 17.4 Å². The van der Waals surface area contributed by atoms with E-state index in [0.717, 1.165) is 39.0 Å². The van der Waals surface area contributed by atoms with Crippen LogP contribution in [0.4, 0.5) is 4.79 Å². The standard InChI is InChI=1S/C15H28N4O2/c1-3-15(2)5-4-8-19(12-15)14(21)17-7-10-18-9-6-16-13(20)11-18/h3-12H2,1-2H3,(H,16,20)(H,17,21). The van der Waals surface area contributed by atoms with Crippen molar-refractivity contribution >= 4 is 11.9 Å². The average Bonchev–Trinajstić information content (AvgIpc) is 2.47. The Kier molecular flexibility index (Phi) is 5.45. The maximum atomic E-state index is 12.2. The maximum absolute atomic E-state index is 12.2. The number of hydrogen-bond acceptors (Lipinski definition) is 3. The predicted octanol–water partition coefficient (Wildman–Crippen LogP) is 0.640. The molecule has 2 fully saturated rings. The van der Waals surface area contributed by atoms with E-state index in [1.165, 1.54) is 6.42 Å². The van der Waals surface area contributed by atoms with Crippen LogP contribution in [0.25, 0.3) is 0 Å². The Morgan fingerprint density at radius 3 is 2.95 bits per heavy atom. The largest absolute Gasteiger partial charge is 0.354 e. The van der Waals surface area contributed by atoms with E-state index >= 15 is 0 Å². The van der Waals surface area contributed by atoms with Crippen molar-refractivity contribution < 1.29 is 9.59 Å². The number of urea groups is 1. The van der Waals surface area contributed by atoms with Gasteiger partial charge in [0.2, 0.25) is 5.91 Å². The van der Waals surface area contributed by atoms with Crippen molar-refractivity contribution in [3.8, 4) is 0 Å². The van der Waals surface area contributed by atoms with E-state index < -0.39 is 0 Å². The zero-order valence-corrected chi connectivity index (χ0v) is 13.3. The Hall–Kier alpha value is -1.30. The van der Waals surface area contributed by atoms with Crippen LogP contribution < -0.4 is 10.6 Å². The van der Waals surface area contributed by atoms with E-state index in [4.69, 9.17) is 0 Å². The first-order chi connectivity index (χ1) is 10.0. The van der Waals surface area contributed by atoms with E-state index in [1.54, 1.807) is 0 Å². The monoisotopic (exact) mass is 296 g/mol. The molecule has 6 nitrogen and oxygen atoms in total. The average molecular weight is 296 g/mol. The molecule has 0 aromatic heterocycles. The number of carbonyl (C=O) groups is 2. The number of carbonyl (C=O) groups excluding carboxylic acids is 2. The van der Waals surface area contributed by atoms with Crippen LogP contribution in [0.1, 0.15) is 33.1 Å². The Bertz CT molecular complexity index is 388. The summed E-state index contributed by atoms with van der Waals surface area (Å²) in [7, 11) is 0. The van der Waals surface area contributed by atoms with Gasteiger partial charge in [0, 0.05) is 39.3 Å². The summed E-state index contributed by atoms with van der Waals surface area (Å²) in [6, 6.07) is 0.0378. The molecule has 0 saturated carbocycles. The first-order valence-corrected chi connectivity index (χ1v) is 8.04. The third-order valence-corrected chi connectivity index (χ3v) is 4.74. The van der Waals surface area contributed by atoms with Crippen molar-refractivity contribution in [2.24, 2.45) is 5.41 Å². The van der Waals surface area contributed by atoms with Gasteiger partial charge in [-0.15, -0.1) is 0 Å². The van der Waals surface area contributed by atoms with Gasteiger partial charge < -0.3 is 15.5 Å².